The summed E-state index contributed by atoms with van der Waals surface area (Å²) in [5.41, 5.74) is 5.42. The Morgan fingerprint density at radius 3 is 2.64 bits per heavy atom. The van der Waals surface area contributed by atoms with Gasteiger partial charge in [0.15, 0.2) is 0 Å². The van der Waals surface area contributed by atoms with Crippen molar-refractivity contribution in [2.24, 2.45) is 5.73 Å². The molecule has 66 valence electrons. The molecule has 0 aliphatic heterocycles. The van der Waals surface area contributed by atoms with Crippen LogP contribution in [0.2, 0.25) is 0 Å². The van der Waals surface area contributed by atoms with Gasteiger partial charge in [0.1, 0.15) is 6.10 Å². The van der Waals surface area contributed by atoms with E-state index in [9.17, 15) is 10.1 Å². The molecule has 3 N–H and O–H groups in total. The highest BCUT2D eigenvalue weighted by Gasteiger charge is 2.18. The van der Waals surface area contributed by atoms with Crippen molar-refractivity contribution in [1.29, 1.82) is 0 Å². The Balaban J connectivity index is 3.63. The molecule has 0 spiro atoms. The van der Waals surface area contributed by atoms with Gasteiger partial charge in [0.2, 0.25) is 6.54 Å². The Bertz CT molecular complexity index is 129. The summed E-state index contributed by atoms with van der Waals surface area (Å²) in [4.78, 5) is 9.35. The molecule has 0 aromatic heterocycles. The van der Waals surface area contributed by atoms with E-state index in [-0.39, 0.29) is 0 Å². The summed E-state index contributed by atoms with van der Waals surface area (Å²) in [5.74, 6) is 0. The molecule has 0 aliphatic carbocycles. The van der Waals surface area contributed by atoms with E-state index in [1.807, 2.05) is 6.92 Å². The second kappa shape index (κ2) is 5.03. The summed E-state index contributed by atoms with van der Waals surface area (Å²) in [6.07, 6.45) is 0.440. The molecular formula is C6H14N2O3. The van der Waals surface area contributed by atoms with E-state index in [2.05, 4.69) is 0 Å². The molecule has 0 aromatic carbocycles. The highest BCUT2D eigenvalue weighted by molar-refractivity contribution is 4.69. The fraction of sp³-hybridized carbons (Fsp3) is 1.00. The maximum absolute atomic E-state index is 9.91. The lowest BCUT2D eigenvalue weighted by molar-refractivity contribution is -0.491. The Kier molecular flexibility index (Phi) is 4.72. The SMILES string of the molecule is CCCC(N)C(O)C[N+](=O)[O-]. The molecule has 0 fully saturated rings. The minimum atomic E-state index is -1.01. The Morgan fingerprint density at radius 2 is 2.27 bits per heavy atom. The zero-order chi connectivity index (χ0) is 8.85. The van der Waals surface area contributed by atoms with Gasteiger partial charge in [-0.3, -0.25) is 10.1 Å². The van der Waals surface area contributed by atoms with Crippen LogP contribution in [0.4, 0.5) is 0 Å². The minimum Gasteiger partial charge on any atom is -0.385 e. The van der Waals surface area contributed by atoms with Crippen LogP contribution < -0.4 is 5.73 Å². The molecule has 0 aromatic rings. The lowest BCUT2D eigenvalue weighted by Crippen LogP contribution is -2.39. The third-order valence-corrected chi connectivity index (χ3v) is 1.45. The van der Waals surface area contributed by atoms with Gasteiger partial charge in [0, 0.05) is 11.0 Å². The fourth-order valence-corrected chi connectivity index (χ4v) is 0.814. The molecule has 0 saturated heterocycles. The monoisotopic (exact) mass is 162 g/mol. The van der Waals surface area contributed by atoms with Crippen molar-refractivity contribution < 1.29 is 10.0 Å². The molecule has 0 saturated carbocycles. The second-order valence-electron chi connectivity index (χ2n) is 2.54. The third-order valence-electron chi connectivity index (χ3n) is 1.45. The molecule has 5 nitrogen and oxygen atoms in total. The zero-order valence-electron chi connectivity index (χ0n) is 6.56. The molecule has 0 rings (SSSR count). The quantitative estimate of drug-likeness (QED) is 0.431. The van der Waals surface area contributed by atoms with E-state index in [4.69, 9.17) is 10.8 Å². The first-order valence-electron chi connectivity index (χ1n) is 3.63. The number of rotatable bonds is 5. The molecule has 5 heteroatoms. The number of nitro groups is 1. The molecule has 11 heavy (non-hydrogen) atoms. The molecule has 0 amide bonds. The standard InChI is InChI=1S/C6H14N2O3/c1-2-3-5(7)6(9)4-8(10)11/h5-6,9H,2-4,7H2,1H3. The van der Waals surface area contributed by atoms with Gasteiger partial charge in [-0.25, -0.2) is 0 Å². The van der Waals surface area contributed by atoms with Gasteiger partial charge in [-0.2, -0.15) is 0 Å². The van der Waals surface area contributed by atoms with Crippen LogP contribution in [0.15, 0.2) is 0 Å². The van der Waals surface area contributed by atoms with E-state index >= 15 is 0 Å². The summed E-state index contributed by atoms with van der Waals surface area (Å²) in [6, 6.07) is -0.467. The molecular weight excluding hydrogens is 148 g/mol. The lowest BCUT2D eigenvalue weighted by Gasteiger charge is -2.13. The maximum atomic E-state index is 9.91. The molecule has 0 aliphatic rings. The normalized spacial score (nSPS) is 15.9. The van der Waals surface area contributed by atoms with Crippen molar-refractivity contribution in [3.63, 3.8) is 0 Å². The van der Waals surface area contributed by atoms with Gasteiger partial charge in [-0.15, -0.1) is 0 Å². The van der Waals surface area contributed by atoms with Gasteiger partial charge in [0.05, 0.1) is 0 Å². The summed E-state index contributed by atoms with van der Waals surface area (Å²) in [6.45, 7) is 1.46. The van der Waals surface area contributed by atoms with Crippen LogP contribution in [-0.2, 0) is 0 Å². The van der Waals surface area contributed by atoms with Crippen LogP contribution in [0.5, 0.6) is 0 Å². The topological polar surface area (TPSA) is 89.4 Å². The predicted molar refractivity (Wildman–Crippen MR) is 40.8 cm³/mol. The summed E-state index contributed by atoms with van der Waals surface area (Å²) in [7, 11) is 0. The molecule has 0 radical (unpaired) electrons. The Morgan fingerprint density at radius 1 is 1.73 bits per heavy atom. The number of nitrogens with two attached hydrogens (primary N) is 1. The summed E-state index contributed by atoms with van der Waals surface area (Å²) in [5, 5.41) is 19.0. The van der Waals surface area contributed by atoms with Crippen LogP contribution in [-0.4, -0.2) is 28.7 Å². The van der Waals surface area contributed by atoms with Crippen LogP contribution in [0.25, 0.3) is 0 Å². The average molecular weight is 162 g/mol. The van der Waals surface area contributed by atoms with Crippen LogP contribution >= 0.6 is 0 Å². The first-order chi connectivity index (χ1) is 5.07. The van der Waals surface area contributed by atoms with Gasteiger partial charge < -0.3 is 10.8 Å². The van der Waals surface area contributed by atoms with Gasteiger partial charge in [-0.05, 0) is 6.42 Å². The van der Waals surface area contributed by atoms with E-state index in [0.717, 1.165) is 6.42 Å². The van der Waals surface area contributed by atoms with Crippen LogP contribution in [0.1, 0.15) is 19.8 Å². The van der Waals surface area contributed by atoms with Crippen LogP contribution in [0, 0.1) is 10.1 Å². The smallest absolute Gasteiger partial charge is 0.230 e. The predicted octanol–water partition coefficient (Wildman–Crippen LogP) is -0.249. The number of hydrogen-bond acceptors (Lipinski definition) is 4. The van der Waals surface area contributed by atoms with Crippen molar-refractivity contribution in [2.75, 3.05) is 6.54 Å². The molecule has 0 bridgehead atoms. The van der Waals surface area contributed by atoms with Crippen LogP contribution in [0.3, 0.4) is 0 Å². The summed E-state index contributed by atoms with van der Waals surface area (Å²) >= 11 is 0. The summed E-state index contributed by atoms with van der Waals surface area (Å²) < 4.78 is 0. The van der Waals surface area contributed by atoms with Crippen molar-refractivity contribution >= 4 is 0 Å². The number of aliphatic hydroxyl groups excluding tert-OH is 1. The van der Waals surface area contributed by atoms with Gasteiger partial charge >= 0.3 is 0 Å². The van der Waals surface area contributed by atoms with Crippen molar-refractivity contribution in [1.82, 2.24) is 0 Å². The van der Waals surface area contributed by atoms with E-state index in [1.165, 1.54) is 0 Å². The van der Waals surface area contributed by atoms with Crippen molar-refractivity contribution in [3.05, 3.63) is 10.1 Å². The molecule has 2 atom stereocenters. The zero-order valence-corrected chi connectivity index (χ0v) is 6.56. The van der Waals surface area contributed by atoms with E-state index < -0.39 is 23.6 Å². The van der Waals surface area contributed by atoms with E-state index in [0.29, 0.717) is 6.42 Å². The highest BCUT2D eigenvalue weighted by Crippen LogP contribution is 1.99. The van der Waals surface area contributed by atoms with E-state index in [1.54, 1.807) is 0 Å². The first-order valence-corrected chi connectivity index (χ1v) is 3.63. The Hall–Kier alpha value is -0.680. The number of aliphatic hydroxyl groups is 1. The molecule has 2 unspecified atom stereocenters. The van der Waals surface area contributed by atoms with Crippen molar-refractivity contribution in [3.8, 4) is 0 Å². The number of hydrogen-bond donors (Lipinski definition) is 2. The highest BCUT2D eigenvalue weighted by atomic mass is 16.6. The Labute approximate surface area is 65.4 Å². The number of nitrogens with zero attached hydrogens (tertiary/aromatic N) is 1. The van der Waals surface area contributed by atoms with Gasteiger partial charge in [0.25, 0.3) is 0 Å². The van der Waals surface area contributed by atoms with Crippen molar-refractivity contribution in [2.45, 2.75) is 31.9 Å². The average Bonchev–Trinajstić information content (AvgIpc) is 1.86. The lowest BCUT2D eigenvalue weighted by atomic mass is 10.1. The largest absolute Gasteiger partial charge is 0.385 e. The maximum Gasteiger partial charge on any atom is 0.230 e. The minimum absolute atomic E-state index is 0.457. The van der Waals surface area contributed by atoms with Gasteiger partial charge in [-0.1, -0.05) is 13.3 Å². The third kappa shape index (κ3) is 4.69. The first kappa shape index (κ1) is 10.3. The molecule has 0 heterocycles. The second-order valence-corrected chi connectivity index (χ2v) is 2.54. The fourth-order valence-electron chi connectivity index (χ4n) is 0.814.